The van der Waals surface area contributed by atoms with E-state index in [1.165, 1.54) is 6.20 Å². The lowest BCUT2D eigenvalue weighted by atomic mass is 10.2. The molecule has 116 valence electrons. The molecule has 5 nitrogen and oxygen atoms in total. The molecule has 1 aromatic heterocycles. The number of hydrogen-bond donors (Lipinski definition) is 2. The quantitative estimate of drug-likeness (QED) is 0.631. The van der Waals surface area contributed by atoms with E-state index in [1.807, 2.05) is 36.4 Å². The van der Waals surface area contributed by atoms with E-state index in [0.717, 1.165) is 11.1 Å². The predicted molar refractivity (Wildman–Crippen MR) is 88.1 cm³/mol. The van der Waals surface area contributed by atoms with Gasteiger partial charge in [-0.2, -0.15) is 5.26 Å². The van der Waals surface area contributed by atoms with Crippen LogP contribution >= 0.6 is 11.6 Å². The van der Waals surface area contributed by atoms with Crippen LogP contribution in [0.5, 0.6) is 0 Å². The molecule has 1 heterocycles. The van der Waals surface area contributed by atoms with Gasteiger partial charge >= 0.3 is 0 Å². The van der Waals surface area contributed by atoms with Crippen LogP contribution in [0.4, 0.5) is 0 Å². The maximum atomic E-state index is 12.0. The van der Waals surface area contributed by atoms with E-state index in [4.69, 9.17) is 16.9 Å². The summed E-state index contributed by atoms with van der Waals surface area (Å²) < 4.78 is 0. The third-order valence-electron chi connectivity index (χ3n) is 3.04. The van der Waals surface area contributed by atoms with Gasteiger partial charge in [0.15, 0.2) is 0 Å². The van der Waals surface area contributed by atoms with Crippen molar-refractivity contribution in [1.29, 1.82) is 5.26 Å². The fraction of sp³-hybridized carbons (Fsp3) is 0.118. The minimum Gasteiger partial charge on any atom is -0.386 e. The second-order valence-electron chi connectivity index (χ2n) is 4.69. The second kappa shape index (κ2) is 8.57. The lowest BCUT2D eigenvalue weighted by Gasteiger charge is -2.06. The fourth-order valence-corrected chi connectivity index (χ4v) is 2.04. The van der Waals surface area contributed by atoms with Crippen molar-refractivity contribution in [3.63, 3.8) is 0 Å². The number of pyridine rings is 1. The number of carbonyl (C=O) groups is 1. The lowest BCUT2D eigenvalue weighted by molar-refractivity contribution is -0.117. The molecule has 1 aromatic carbocycles. The zero-order valence-electron chi connectivity index (χ0n) is 12.3. The van der Waals surface area contributed by atoms with E-state index in [1.54, 1.807) is 18.5 Å². The van der Waals surface area contributed by atoms with Gasteiger partial charge in [-0.25, -0.2) is 0 Å². The van der Waals surface area contributed by atoms with Crippen LogP contribution in [0, 0.1) is 11.3 Å². The van der Waals surface area contributed by atoms with Gasteiger partial charge < -0.3 is 10.6 Å². The summed E-state index contributed by atoms with van der Waals surface area (Å²) in [6.45, 7) is 0.747. The van der Waals surface area contributed by atoms with Crippen LogP contribution in [0.15, 0.2) is 60.6 Å². The largest absolute Gasteiger partial charge is 0.386 e. The molecule has 0 aliphatic rings. The van der Waals surface area contributed by atoms with Crippen molar-refractivity contribution in [2.75, 3.05) is 0 Å². The highest BCUT2D eigenvalue weighted by Gasteiger charge is 2.09. The van der Waals surface area contributed by atoms with Gasteiger partial charge in [0.1, 0.15) is 11.6 Å². The molecule has 0 bridgehead atoms. The predicted octanol–water partition coefficient (Wildman–Crippen LogP) is 2.55. The van der Waals surface area contributed by atoms with E-state index in [-0.39, 0.29) is 12.1 Å². The highest BCUT2D eigenvalue weighted by Crippen LogP contribution is 2.14. The number of amides is 1. The van der Waals surface area contributed by atoms with Gasteiger partial charge in [-0.05, 0) is 23.3 Å². The monoisotopic (exact) mass is 326 g/mol. The maximum absolute atomic E-state index is 12.0. The van der Waals surface area contributed by atoms with Crippen molar-refractivity contribution in [3.05, 3.63) is 76.7 Å². The Morgan fingerprint density at radius 3 is 2.78 bits per heavy atom. The summed E-state index contributed by atoms with van der Waals surface area (Å²) in [5, 5.41) is 15.3. The molecule has 2 rings (SSSR count). The van der Waals surface area contributed by atoms with E-state index in [9.17, 15) is 4.79 Å². The van der Waals surface area contributed by atoms with Gasteiger partial charge in [0.25, 0.3) is 5.91 Å². The van der Waals surface area contributed by atoms with E-state index in [0.29, 0.717) is 11.6 Å². The summed E-state index contributed by atoms with van der Waals surface area (Å²) in [5.74, 6) is -0.453. The molecule has 6 heteroatoms. The van der Waals surface area contributed by atoms with Crippen molar-refractivity contribution in [1.82, 2.24) is 15.6 Å². The Bertz CT molecular complexity index is 738. The number of nitrogens with one attached hydrogen (secondary N) is 2. The second-order valence-corrected chi connectivity index (χ2v) is 5.09. The van der Waals surface area contributed by atoms with E-state index < -0.39 is 5.91 Å². The van der Waals surface area contributed by atoms with Crippen LogP contribution in [-0.2, 0) is 17.9 Å². The Morgan fingerprint density at radius 2 is 2.09 bits per heavy atom. The molecule has 1 amide bonds. The first kappa shape index (κ1) is 16.5. The van der Waals surface area contributed by atoms with Crippen molar-refractivity contribution in [3.8, 4) is 6.07 Å². The number of benzene rings is 1. The summed E-state index contributed by atoms with van der Waals surface area (Å²) in [5.41, 5.74) is 1.75. The number of aromatic nitrogens is 1. The van der Waals surface area contributed by atoms with Crippen LogP contribution in [0.3, 0.4) is 0 Å². The smallest absolute Gasteiger partial charge is 0.263 e. The molecule has 0 aliphatic carbocycles. The minimum absolute atomic E-state index is 0.000874. The average Bonchev–Trinajstić information content (AvgIpc) is 2.59. The number of halogens is 1. The molecule has 0 aliphatic heterocycles. The molecule has 0 unspecified atom stereocenters. The van der Waals surface area contributed by atoms with Crippen molar-refractivity contribution < 1.29 is 4.79 Å². The zero-order valence-corrected chi connectivity index (χ0v) is 13.0. The summed E-state index contributed by atoms with van der Waals surface area (Å²) in [4.78, 5) is 16.0. The van der Waals surface area contributed by atoms with Gasteiger partial charge in [0.05, 0.1) is 0 Å². The summed E-state index contributed by atoms with van der Waals surface area (Å²) in [7, 11) is 0. The first-order valence-corrected chi connectivity index (χ1v) is 7.32. The molecule has 0 saturated heterocycles. The first-order chi connectivity index (χ1) is 11.2. The van der Waals surface area contributed by atoms with Gasteiger partial charge in [-0.1, -0.05) is 35.9 Å². The van der Waals surface area contributed by atoms with Gasteiger partial charge in [-0.15, -0.1) is 0 Å². The normalized spacial score (nSPS) is 10.7. The minimum atomic E-state index is -0.453. The first-order valence-electron chi connectivity index (χ1n) is 6.95. The van der Waals surface area contributed by atoms with Gasteiger partial charge in [0.2, 0.25) is 0 Å². The molecule has 0 fully saturated rings. The Morgan fingerprint density at radius 1 is 1.26 bits per heavy atom. The third kappa shape index (κ3) is 5.13. The molecule has 23 heavy (non-hydrogen) atoms. The highest BCUT2D eigenvalue weighted by atomic mass is 35.5. The molecule has 2 N–H and O–H groups in total. The Hall–Kier alpha value is -2.84. The fourth-order valence-electron chi connectivity index (χ4n) is 1.83. The van der Waals surface area contributed by atoms with Gasteiger partial charge in [0, 0.05) is 36.7 Å². The van der Waals surface area contributed by atoms with Crippen LogP contribution in [-0.4, -0.2) is 10.9 Å². The van der Waals surface area contributed by atoms with Crippen molar-refractivity contribution in [2.24, 2.45) is 0 Å². The van der Waals surface area contributed by atoms with E-state index >= 15 is 0 Å². The summed E-state index contributed by atoms with van der Waals surface area (Å²) >= 11 is 6.02. The van der Waals surface area contributed by atoms with Crippen LogP contribution in [0.25, 0.3) is 0 Å². The highest BCUT2D eigenvalue weighted by molar-refractivity contribution is 6.31. The topological polar surface area (TPSA) is 77.8 Å². The van der Waals surface area contributed by atoms with Crippen molar-refractivity contribution >= 4 is 17.5 Å². The van der Waals surface area contributed by atoms with Crippen molar-refractivity contribution in [2.45, 2.75) is 13.1 Å². The molecule has 0 atom stereocenters. The summed E-state index contributed by atoms with van der Waals surface area (Å²) in [6.07, 6.45) is 4.79. The standard InChI is InChI=1S/C17H15ClN4O/c18-16-6-2-1-5-14(16)12-22-17(23)15(8-19)11-21-10-13-4-3-7-20-9-13/h1-7,9,11,21H,10,12H2,(H,22,23)/b15-11-. The van der Waals surface area contributed by atoms with Gasteiger partial charge in [-0.3, -0.25) is 9.78 Å². The number of rotatable bonds is 6. The Balaban J connectivity index is 1.89. The van der Waals surface area contributed by atoms with Crippen LogP contribution < -0.4 is 10.6 Å². The maximum Gasteiger partial charge on any atom is 0.263 e. The Labute approximate surface area is 139 Å². The number of nitriles is 1. The summed E-state index contributed by atoms with van der Waals surface area (Å²) in [6, 6.07) is 12.8. The molecule has 0 saturated carbocycles. The molecular formula is C17H15ClN4O. The molecule has 2 aromatic rings. The average molecular weight is 327 g/mol. The van der Waals surface area contributed by atoms with Crippen LogP contribution in [0.2, 0.25) is 5.02 Å². The molecule has 0 spiro atoms. The van der Waals surface area contributed by atoms with Crippen LogP contribution in [0.1, 0.15) is 11.1 Å². The zero-order chi connectivity index (χ0) is 16.5. The number of carbonyl (C=O) groups excluding carboxylic acids is 1. The number of nitrogens with zero attached hydrogens (tertiary/aromatic N) is 2. The number of hydrogen-bond acceptors (Lipinski definition) is 4. The van der Waals surface area contributed by atoms with E-state index in [2.05, 4.69) is 15.6 Å². The third-order valence-corrected chi connectivity index (χ3v) is 3.41. The molecule has 0 radical (unpaired) electrons. The Kier molecular flexibility index (Phi) is 6.16. The lowest BCUT2D eigenvalue weighted by Crippen LogP contribution is -2.25. The SMILES string of the molecule is N#C/C(=C/NCc1cccnc1)C(=O)NCc1ccccc1Cl. The molecular weight excluding hydrogens is 312 g/mol.